The highest BCUT2D eigenvalue weighted by atomic mass is 35.5. The molecule has 2 rings (SSSR count). The molecule has 100 valence electrons. The molecule has 4 N–H and O–H groups in total. The minimum absolute atomic E-state index is 0.0325. The molecular formula is C12H17ClFN3O. The molecule has 0 aromatic heterocycles. The second-order valence-corrected chi connectivity index (χ2v) is 4.95. The van der Waals surface area contributed by atoms with Crippen LogP contribution in [0.1, 0.15) is 13.3 Å². The van der Waals surface area contributed by atoms with Crippen LogP contribution in [0.5, 0.6) is 0 Å². The average Bonchev–Trinajstić information content (AvgIpc) is 2.72. The Bertz CT molecular complexity index is 469. The number of halogens is 2. The predicted molar refractivity (Wildman–Crippen MR) is 72.5 cm³/mol. The van der Waals surface area contributed by atoms with Crippen molar-refractivity contribution in [2.75, 3.05) is 30.0 Å². The molecule has 1 aromatic rings. The van der Waals surface area contributed by atoms with Gasteiger partial charge in [-0.15, -0.1) is 0 Å². The lowest BCUT2D eigenvalue weighted by Gasteiger charge is -2.30. The summed E-state index contributed by atoms with van der Waals surface area (Å²) >= 11 is 5.83. The maximum absolute atomic E-state index is 14.2. The molecule has 18 heavy (non-hydrogen) atoms. The lowest BCUT2D eigenvalue weighted by atomic mass is 10.1. The van der Waals surface area contributed by atoms with Crippen LogP contribution in [0, 0.1) is 5.82 Å². The standard InChI is InChI=1S/C12H17ClFN3O/c1-6-9(3-4-18-6)17(2)12-8(16)5-7(15)10(13)11(12)14/h5-6,9H,3-4,15-16H2,1-2H3. The van der Waals surface area contributed by atoms with Crippen molar-refractivity contribution >= 4 is 28.7 Å². The van der Waals surface area contributed by atoms with Gasteiger partial charge in [0.2, 0.25) is 0 Å². The van der Waals surface area contributed by atoms with E-state index in [9.17, 15) is 4.39 Å². The third-order valence-electron chi connectivity index (χ3n) is 3.42. The summed E-state index contributed by atoms with van der Waals surface area (Å²) in [5.74, 6) is -0.573. The van der Waals surface area contributed by atoms with Gasteiger partial charge in [-0.05, 0) is 19.4 Å². The molecule has 1 heterocycles. The summed E-state index contributed by atoms with van der Waals surface area (Å²) in [6.07, 6.45) is 0.864. The average molecular weight is 274 g/mol. The van der Waals surface area contributed by atoms with E-state index in [-0.39, 0.29) is 34.2 Å². The van der Waals surface area contributed by atoms with Crippen molar-refractivity contribution in [3.05, 3.63) is 16.9 Å². The number of benzene rings is 1. The fourth-order valence-electron chi connectivity index (χ4n) is 2.41. The molecule has 1 fully saturated rings. The van der Waals surface area contributed by atoms with Crippen molar-refractivity contribution < 1.29 is 9.13 Å². The van der Waals surface area contributed by atoms with Gasteiger partial charge < -0.3 is 21.1 Å². The van der Waals surface area contributed by atoms with Gasteiger partial charge in [-0.25, -0.2) is 4.39 Å². The van der Waals surface area contributed by atoms with Crippen molar-refractivity contribution in [1.29, 1.82) is 0 Å². The maximum Gasteiger partial charge on any atom is 0.169 e. The summed E-state index contributed by atoms with van der Waals surface area (Å²) in [5.41, 5.74) is 12.1. The zero-order valence-corrected chi connectivity index (χ0v) is 11.2. The summed E-state index contributed by atoms with van der Waals surface area (Å²) in [7, 11) is 1.79. The molecule has 1 aliphatic heterocycles. The minimum Gasteiger partial charge on any atom is -0.397 e. The molecule has 0 aliphatic carbocycles. The normalized spacial score (nSPS) is 23.3. The van der Waals surface area contributed by atoms with E-state index in [0.29, 0.717) is 6.61 Å². The molecule has 1 aromatic carbocycles. The van der Waals surface area contributed by atoms with E-state index >= 15 is 0 Å². The van der Waals surface area contributed by atoms with Crippen LogP contribution in [0.15, 0.2) is 6.07 Å². The van der Waals surface area contributed by atoms with E-state index in [4.69, 9.17) is 27.8 Å². The van der Waals surface area contributed by atoms with Crippen LogP contribution in [0.25, 0.3) is 0 Å². The number of hydrogen-bond acceptors (Lipinski definition) is 4. The number of anilines is 3. The number of nitrogens with zero attached hydrogens (tertiary/aromatic N) is 1. The first-order chi connectivity index (χ1) is 8.43. The lowest BCUT2D eigenvalue weighted by molar-refractivity contribution is 0.118. The number of nitrogens with two attached hydrogens (primary N) is 2. The highest BCUT2D eigenvalue weighted by molar-refractivity contribution is 6.33. The van der Waals surface area contributed by atoms with Crippen LogP contribution in [0.3, 0.4) is 0 Å². The molecule has 4 nitrogen and oxygen atoms in total. The van der Waals surface area contributed by atoms with Gasteiger partial charge in [0.25, 0.3) is 0 Å². The number of rotatable bonds is 2. The van der Waals surface area contributed by atoms with Crippen LogP contribution in [0.2, 0.25) is 5.02 Å². The zero-order valence-electron chi connectivity index (χ0n) is 10.4. The maximum atomic E-state index is 14.2. The van der Waals surface area contributed by atoms with Gasteiger partial charge in [0.15, 0.2) is 5.82 Å². The first-order valence-electron chi connectivity index (χ1n) is 5.80. The molecule has 0 saturated carbocycles. The number of ether oxygens (including phenoxy) is 1. The van der Waals surface area contributed by atoms with E-state index in [1.54, 1.807) is 11.9 Å². The van der Waals surface area contributed by atoms with Gasteiger partial charge in [0, 0.05) is 13.7 Å². The topological polar surface area (TPSA) is 64.5 Å². The summed E-state index contributed by atoms with van der Waals surface area (Å²) in [5, 5.41) is -0.0855. The Hall–Kier alpha value is -1.20. The smallest absolute Gasteiger partial charge is 0.169 e. The second kappa shape index (κ2) is 4.82. The van der Waals surface area contributed by atoms with Gasteiger partial charge >= 0.3 is 0 Å². The Morgan fingerprint density at radius 3 is 2.67 bits per heavy atom. The summed E-state index contributed by atoms with van der Waals surface area (Å²) < 4.78 is 19.7. The highest BCUT2D eigenvalue weighted by Gasteiger charge is 2.31. The third-order valence-corrected chi connectivity index (χ3v) is 3.81. The van der Waals surface area contributed by atoms with Gasteiger partial charge in [0.05, 0.1) is 29.2 Å². The van der Waals surface area contributed by atoms with Crippen molar-refractivity contribution in [1.82, 2.24) is 0 Å². The molecule has 2 atom stereocenters. The summed E-state index contributed by atoms with van der Waals surface area (Å²) in [6.45, 7) is 2.63. The van der Waals surface area contributed by atoms with Crippen molar-refractivity contribution in [3.8, 4) is 0 Å². The number of likely N-dealkylation sites (N-methyl/N-ethyl adjacent to an activating group) is 1. The minimum atomic E-state index is -0.573. The summed E-state index contributed by atoms with van der Waals surface area (Å²) in [6, 6.07) is 1.57. The molecular weight excluding hydrogens is 257 g/mol. The summed E-state index contributed by atoms with van der Waals surface area (Å²) in [4.78, 5) is 1.79. The molecule has 1 saturated heterocycles. The van der Waals surface area contributed by atoms with Crippen molar-refractivity contribution in [2.45, 2.75) is 25.5 Å². The zero-order chi connectivity index (χ0) is 13.4. The third kappa shape index (κ3) is 2.08. The first kappa shape index (κ1) is 13.2. The molecule has 1 aliphatic rings. The molecule has 0 spiro atoms. The largest absolute Gasteiger partial charge is 0.397 e. The van der Waals surface area contributed by atoms with Crippen molar-refractivity contribution in [3.63, 3.8) is 0 Å². The monoisotopic (exact) mass is 273 g/mol. The van der Waals surface area contributed by atoms with Crippen LogP contribution >= 0.6 is 11.6 Å². The van der Waals surface area contributed by atoms with E-state index < -0.39 is 5.82 Å². The second-order valence-electron chi connectivity index (χ2n) is 4.57. The van der Waals surface area contributed by atoms with Crippen LogP contribution < -0.4 is 16.4 Å². The van der Waals surface area contributed by atoms with Crippen LogP contribution in [0.4, 0.5) is 21.5 Å². The van der Waals surface area contributed by atoms with Crippen LogP contribution in [-0.2, 0) is 4.74 Å². The first-order valence-corrected chi connectivity index (χ1v) is 6.18. The molecule has 0 bridgehead atoms. The predicted octanol–water partition coefficient (Wildman–Crippen LogP) is 2.26. The van der Waals surface area contributed by atoms with Crippen molar-refractivity contribution in [2.24, 2.45) is 0 Å². The fraction of sp³-hybridized carbons (Fsp3) is 0.500. The van der Waals surface area contributed by atoms with Crippen LogP contribution in [-0.4, -0.2) is 25.8 Å². The Morgan fingerprint density at radius 1 is 1.44 bits per heavy atom. The molecule has 6 heteroatoms. The molecule has 2 unspecified atom stereocenters. The van der Waals surface area contributed by atoms with Gasteiger partial charge in [-0.3, -0.25) is 0 Å². The number of nitrogen functional groups attached to an aromatic ring is 2. The number of hydrogen-bond donors (Lipinski definition) is 2. The SMILES string of the molecule is CC1OCCC1N(C)c1c(N)cc(N)c(Cl)c1F. The van der Waals surface area contributed by atoms with E-state index in [0.717, 1.165) is 6.42 Å². The van der Waals surface area contributed by atoms with E-state index in [1.165, 1.54) is 6.07 Å². The van der Waals surface area contributed by atoms with E-state index in [2.05, 4.69) is 0 Å². The van der Waals surface area contributed by atoms with Gasteiger partial charge in [0.1, 0.15) is 5.02 Å². The highest BCUT2D eigenvalue weighted by Crippen LogP contribution is 2.37. The Labute approximate surface area is 111 Å². The molecule has 0 radical (unpaired) electrons. The fourth-order valence-corrected chi connectivity index (χ4v) is 2.55. The van der Waals surface area contributed by atoms with Gasteiger partial charge in [-0.1, -0.05) is 11.6 Å². The Balaban J connectivity index is 2.41. The molecule has 0 amide bonds. The quantitative estimate of drug-likeness (QED) is 0.812. The van der Waals surface area contributed by atoms with E-state index in [1.807, 2.05) is 6.92 Å². The Morgan fingerprint density at radius 2 is 2.11 bits per heavy atom. The Kier molecular flexibility index (Phi) is 3.54. The van der Waals surface area contributed by atoms with Gasteiger partial charge in [-0.2, -0.15) is 0 Å². The lowest BCUT2D eigenvalue weighted by Crippen LogP contribution is -2.37.